The number of amides is 1. The first kappa shape index (κ1) is 11.2. The highest BCUT2D eigenvalue weighted by molar-refractivity contribution is 5.92. The summed E-state index contributed by atoms with van der Waals surface area (Å²) < 4.78 is 4.84. The van der Waals surface area contributed by atoms with Crippen LogP contribution in [0, 0.1) is 6.92 Å². The Kier molecular flexibility index (Phi) is 3.44. The highest BCUT2D eigenvalue weighted by atomic mass is 16.5. The molecule has 1 aromatic carbocycles. The fourth-order valence-electron chi connectivity index (χ4n) is 1.06. The lowest BCUT2D eigenvalue weighted by Gasteiger charge is -2.09. The number of ether oxygens (including phenoxy) is 1. The van der Waals surface area contributed by atoms with Gasteiger partial charge >= 0.3 is 5.97 Å². The predicted octanol–water partition coefficient (Wildman–Crippen LogP) is 1.03. The Bertz CT molecular complexity index is 387. The van der Waals surface area contributed by atoms with E-state index in [4.69, 9.17) is 10.5 Å². The Balaban J connectivity index is 2.73. The SMILES string of the molecule is Cc1cccc(C(=O)O[C@H](C)C(N)=O)c1. The van der Waals surface area contributed by atoms with E-state index in [9.17, 15) is 9.59 Å². The minimum atomic E-state index is -0.905. The molecule has 0 saturated heterocycles. The van der Waals surface area contributed by atoms with Crippen molar-refractivity contribution >= 4 is 11.9 Å². The molecule has 1 aromatic rings. The lowest BCUT2D eigenvalue weighted by molar-refractivity contribution is -0.125. The third-order valence-corrected chi connectivity index (χ3v) is 1.94. The van der Waals surface area contributed by atoms with Crippen molar-refractivity contribution < 1.29 is 14.3 Å². The molecule has 4 heteroatoms. The fraction of sp³-hybridized carbons (Fsp3) is 0.273. The van der Waals surface area contributed by atoms with Crippen molar-refractivity contribution in [2.45, 2.75) is 20.0 Å². The van der Waals surface area contributed by atoms with Gasteiger partial charge in [-0.3, -0.25) is 4.79 Å². The van der Waals surface area contributed by atoms with Gasteiger partial charge in [0, 0.05) is 0 Å². The molecule has 0 radical (unpaired) electrons. The number of esters is 1. The molecule has 15 heavy (non-hydrogen) atoms. The first-order chi connectivity index (χ1) is 7.00. The van der Waals surface area contributed by atoms with Gasteiger partial charge in [0.05, 0.1) is 5.56 Å². The Morgan fingerprint density at radius 2 is 2.07 bits per heavy atom. The number of benzene rings is 1. The van der Waals surface area contributed by atoms with Gasteiger partial charge in [-0.2, -0.15) is 0 Å². The summed E-state index contributed by atoms with van der Waals surface area (Å²) in [5.74, 6) is -1.19. The van der Waals surface area contributed by atoms with Crippen LogP contribution in [-0.2, 0) is 9.53 Å². The molecule has 1 amide bonds. The summed E-state index contributed by atoms with van der Waals surface area (Å²) >= 11 is 0. The van der Waals surface area contributed by atoms with E-state index in [2.05, 4.69) is 0 Å². The summed E-state index contributed by atoms with van der Waals surface area (Å²) in [6.07, 6.45) is -0.905. The van der Waals surface area contributed by atoms with Crippen molar-refractivity contribution in [3.63, 3.8) is 0 Å². The molecular weight excluding hydrogens is 194 g/mol. The zero-order chi connectivity index (χ0) is 11.4. The van der Waals surface area contributed by atoms with Crippen molar-refractivity contribution in [3.8, 4) is 0 Å². The molecule has 0 unspecified atom stereocenters. The van der Waals surface area contributed by atoms with E-state index in [1.54, 1.807) is 18.2 Å². The van der Waals surface area contributed by atoms with Gasteiger partial charge in [0.1, 0.15) is 0 Å². The number of hydrogen-bond acceptors (Lipinski definition) is 3. The summed E-state index contributed by atoms with van der Waals surface area (Å²) in [5, 5.41) is 0. The van der Waals surface area contributed by atoms with Crippen LogP contribution in [0.3, 0.4) is 0 Å². The van der Waals surface area contributed by atoms with Crippen molar-refractivity contribution in [3.05, 3.63) is 35.4 Å². The van der Waals surface area contributed by atoms with Gasteiger partial charge in [-0.1, -0.05) is 17.7 Å². The van der Waals surface area contributed by atoms with Gasteiger partial charge in [-0.25, -0.2) is 4.79 Å². The van der Waals surface area contributed by atoms with E-state index in [1.165, 1.54) is 6.92 Å². The third kappa shape index (κ3) is 3.09. The van der Waals surface area contributed by atoms with Crippen molar-refractivity contribution in [1.29, 1.82) is 0 Å². The summed E-state index contributed by atoms with van der Waals surface area (Å²) in [4.78, 5) is 22.2. The minimum Gasteiger partial charge on any atom is -0.449 e. The first-order valence-electron chi connectivity index (χ1n) is 4.57. The number of carbonyl (C=O) groups excluding carboxylic acids is 2. The molecule has 0 aliphatic heterocycles. The standard InChI is InChI=1S/C11H13NO3/c1-7-4-3-5-9(6-7)11(14)15-8(2)10(12)13/h3-6,8H,1-2H3,(H2,12,13)/t8-/m1/s1. The van der Waals surface area contributed by atoms with Crippen molar-refractivity contribution in [1.82, 2.24) is 0 Å². The van der Waals surface area contributed by atoms with Crippen molar-refractivity contribution in [2.75, 3.05) is 0 Å². The number of carbonyl (C=O) groups is 2. The molecule has 4 nitrogen and oxygen atoms in total. The average molecular weight is 207 g/mol. The minimum absolute atomic E-state index is 0.420. The first-order valence-corrected chi connectivity index (χ1v) is 4.57. The fourth-order valence-corrected chi connectivity index (χ4v) is 1.06. The van der Waals surface area contributed by atoms with E-state index in [0.29, 0.717) is 5.56 Å². The number of hydrogen-bond donors (Lipinski definition) is 1. The molecule has 0 saturated carbocycles. The van der Waals surface area contributed by atoms with Crippen LogP contribution in [-0.4, -0.2) is 18.0 Å². The Morgan fingerprint density at radius 1 is 1.40 bits per heavy atom. The molecular formula is C11H13NO3. The van der Waals surface area contributed by atoms with Gasteiger partial charge in [0.15, 0.2) is 6.10 Å². The molecule has 0 aliphatic rings. The van der Waals surface area contributed by atoms with Crippen LogP contribution in [0.2, 0.25) is 0 Å². The molecule has 2 N–H and O–H groups in total. The van der Waals surface area contributed by atoms with E-state index < -0.39 is 18.0 Å². The van der Waals surface area contributed by atoms with Crippen LogP contribution >= 0.6 is 0 Å². The highest BCUT2D eigenvalue weighted by Crippen LogP contribution is 2.06. The van der Waals surface area contributed by atoms with Gasteiger partial charge in [0.2, 0.25) is 0 Å². The van der Waals surface area contributed by atoms with Crippen LogP contribution in [0.1, 0.15) is 22.8 Å². The molecule has 0 aromatic heterocycles. The van der Waals surface area contributed by atoms with Crippen LogP contribution in [0.15, 0.2) is 24.3 Å². The second kappa shape index (κ2) is 4.59. The second-order valence-electron chi connectivity index (χ2n) is 3.32. The van der Waals surface area contributed by atoms with Crippen LogP contribution < -0.4 is 5.73 Å². The summed E-state index contributed by atoms with van der Waals surface area (Å²) in [6.45, 7) is 3.31. The molecule has 0 aliphatic carbocycles. The molecule has 0 spiro atoms. The molecule has 0 bridgehead atoms. The Labute approximate surface area is 88.0 Å². The molecule has 1 rings (SSSR count). The third-order valence-electron chi connectivity index (χ3n) is 1.94. The number of rotatable bonds is 3. The summed E-state index contributed by atoms with van der Waals surface area (Å²) in [6, 6.07) is 6.94. The van der Waals surface area contributed by atoms with E-state index in [1.807, 2.05) is 13.0 Å². The van der Waals surface area contributed by atoms with E-state index >= 15 is 0 Å². The number of primary amides is 1. The van der Waals surface area contributed by atoms with Gasteiger partial charge in [-0.15, -0.1) is 0 Å². The summed E-state index contributed by atoms with van der Waals surface area (Å²) in [5.41, 5.74) is 6.35. The lowest BCUT2D eigenvalue weighted by atomic mass is 10.1. The Hall–Kier alpha value is -1.84. The van der Waals surface area contributed by atoms with E-state index in [-0.39, 0.29) is 0 Å². The largest absolute Gasteiger partial charge is 0.449 e. The molecule has 1 atom stereocenters. The maximum atomic E-state index is 11.5. The Morgan fingerprint density at radius 3 is 2.60 bits per heavy atom. The van der Waals surface area contributed by atoms with Gasteiger partial charge < -0.3 is 10.5 Å². The van der Waals surface area contributed by atoms with Crippen molar-refractivity contribution in [2.24, 2.45) is 5.73 Å². The zero-order valence-electron chi connectivity index (χ0n) is 8.69. The maximum Gasteiger partial charge on any atom is 0.338 e. The lowest BCUT2D eigenvalue weighted by Crippen LogP contribution is -2.30. The maximum absolute atomic E-state index is 11.5. The van der Waals surface area contributed by atoms with Crippen LogP contribution in [0.4, 0.5) is 0 Å². The smallest absolute Gasteiger partial charge is 0.338 e. The average Bonchev–Trinajstić information content (AvgIpc) is 2.17. The van der Waals surface area contributed by atoms with E-state index in [0.717, 1.165) is 5.56 Å². The van der Waals surface area contributed by atoms with Crippen LogP contribution in [0.5, 0.6) is 0 Å². The zero-order valence-corrected chi connectivity index (χ0v) is 8.69. The normalized spacial score (nSPS) is 11.9. The van der Waals surface area contributed by atoms with Crippen LogP contribution in [0.25, 0.3) is 0 Å². The highest BCUT2D eigenvalue weighted by Gasteiger charge is 2.15. The van der Waals surface area contributed by atoms with Gasteiger partial charge in [-0.05, 0) is 26.0 Å². The second-order valence-corrected chi connectivity index (χ2v) is 3.32. The molecule has 0 heterocycles. The quantitative estimate of drug-likeness (QED) is 0.752. The monoisotopic (exact) mass is 207 g/mol. The topological polar surface area (TPSA) is 69.4 Å². The molecule has 80 valence electrons. The number of nitrogens with two attached hydrogens (primary N) is 1. The molecule has 0 fully saturated rings. The predicted molar refractivity (Wildman–Crippen MR) is 55.3 cm³/mol. The number of aryl methyl sites for hydroxylation is 1. The van der Waals surface area contributed by atoms with Gasteiger partial charge in [0.25, 0.3) is 5.91 Å². The summed E-state index contributed by atoms with van der Waals surface area (Å²) in [7, 11) is 0.